The third-order valence-corrected chi connectivity index (χ3v) is 32.2. The summed E-state index contributed by atoms with van der Waals surface area (Å²) in [5.41, 5.74) is 81.6. The molecular formula is C140H156B6. The summed E-state index contributed by atoms with van der Waals surface area (Å²) in [6.07, 6.45) is 0. The highest BCUT2D eigenvalue weighted by Gasteiger charge is 2.37. The smallest absolute Gasteiger partial charge is 0.0687 e. The fourth-order valence-electron chi connectivity index (χ4n) is 27.6. The molecule has 17 rings (SSSR count). The molecule has 0 aliphatic heterocycles. The SMILES string of the molecule is Cc1cc(C)c(B(c2ccc(-c3ccc(B(c4c(C)cc(C)cc4C)c4c(C)cc(C)cc4C)cc3)cc2)c2c(C)cc(C)cc2C)c(C)c1.Cc1cc(C)c(B(c2ccc(-c3ccc(B(c4c(C)cc(C)cc4C)c4c(C)cc(C)cc4C)cc3C)c(C)c2)c2c(C)cc(C)cc2C)c(C)c1.Cc1cc(C)c(B(c2ccc(B(c3c(C)cc(C)cc3C)c3c(C)cc(C)cc3C)cc2)c2c(C)cc(C)cc2C)c(C)c1. The molecule has 0 spiro atoms. The minimum absolute atomic E-state index is 0.167. The molecule has 0 aliphatic carbocycles. The lowest BCUT2D eigenvalue weighted by Crippen LogP contribution is -2.58. The maximum atomic E-state index is 2.46. The zero-order valence-electron chi connectivity index (χ0n) is 95.7. The van der Waals surface area contributed by atoms with E-state index in [4.69, 9.17) is 0 Å². The van der Waals surface area contributed by atoms with Crippen molar-refractivity contribution in [3.05, 3.63) is 466 Å². The largest absolute Gasteiger partial charge is 0.242 e. The minimum Gasteiger partial charge on any atom is -0.0687 e. The molecule has 146 heavy (non-hydrogen) atoms. The van der Waals surface area contributed by atoms with Gasteiger partial charge in [0, 0.05) is 0 Å². The van der Waals surface area contributed by atoms with Crippen LogP contribution in [-0.4, -0.2) is 40.3 Å². The second-order valence-electron chi connectivity index (χ2n) is 45.4. The van der Waals surface area contributed by atoms with Gasteiger partial charge in [0.05, 0.1) is 0 Å². The zero-order chi connectivity index (χ0) is 106. The van der Waals surface area contributed by atoms with Gasteiger partial charge in [-0.05, 0) is 296 Å². The van der Waals surface area contributed by atoms with Gasteiger partial charge in [0.1, 0.15) is 0 Å². The van der Waals surface area contributed by atoms with Crippen LogP contribution in [0.3, 0.4) is 0 Å². The van der Waals surface area contributed by atoms with Crippen molar-refractivity contribution in [2.24, 2.45) is 0 Å². The lowest BCUT2D eigenvalue weighted by Gasteiger charge is -2.26. The molecule has 0 saturated carbocycles. The van der Waals surface area contributed by atoms with Crippen LogP contribution in [0, 0.1) is 263 Å². The van der Waals surface area contributed by atoms with E-state index >= 15 is 0 Å². The Bertz CT molecular complexity index is 6830. The summed E-state index contributed by atoms with van der Waals surface area (Å²) < 4.78 is 0. The normalized spacial score (nSPS) is 11.2. The van der Waals surface area contributed by atoms with Crippen molar-refractivity contribution in [3.63, 3.8) is 0 Å². The lowest BCUT2D eigenvalue weighted by atomic mass is 9.32. The molecule has 0 N–H and O–H groups in total. The van der Waals surface area contributed by atoms with Crippen LogP contribution in [0.25, 0.3) is 22.3 Å². The van der Waals surface area contributed by atoms with Crippen LogP contribution in [0.15, 0.2) is 255 Å². The van der Waals surface area contributed by atoms with Gasteiger partial charge < -0.3 is 0 Å². The lowest BCUT2D eigenvalue weighted by molar-refractivity contribution is 1.33. The molecule has 0 fully saturated rings. The van der Waals surface area contributed by atoms with Crippen molar-refractivity contribution in [3.8, 4) is 22.3 Å². The summed E-state index contributed by atoms with van der Waals surface area (Å²) in [6.45, 7) is 87.0. The van der Waals surface area contributed by atoms with Crippen molar-refractivity contribution in [1.82, 2.24) is 0 Å². The minimum atomic E-state index is 0.167. The summed E-state index contributed by atoms with van der Waals surface area (Å²) in [7, 11) is 0. The molecule has 0 saturated heterocycles. The Balaban J connectivity index is 0.000000165. The van der Waals surface area contributed by atoms with Gasteiger partial charge in [-0.25, -0.2) is 0 Å². The van der Waals surface area contributed by atoms with E-state index in [9.17, 15) is 0 Å². The van der Waals surface area contributed by atoms with Gasteiger partial charge in [-0.1, -0.05) is 553 Å². The van der Waals surface area contributed by atoms with E-state index in [0.29, 0.717) is 0 Å². The fourth-order valence-corrected chi connectivity index (χ4v) is 27.6. The van der Waals surface area contributed by atoms with Crippen molar-refractivity contribution in [1.29, 1.82) is 0 Å². The molecule has 0 unspecified atom stereocenters. The third kappa shape index (κ3) is 22.4. The average molecular weight is 1900 g/mol. The van der Waals surface area contributed by atoms with E-state index in [1.165, 1.54) is 332 Å². The second kappa shape index (κ2) is 44.0. The predicted octanol–water partition coefficient (Wildman–Crippen LogP) is 23.2. The summed E-state index contributed by atoms with van der Waals surface area (Å²) in [5, 5.41) is 0. The molecule has 0 radical (unpaired) electrons. The number of rotatable bonds is 20. The van der Waals surface area contributed by atoms with Crippen molar-refractivity contribution in [2.75, 3.05) is 0 Å². The van der Waals surface area contributed by atoms with Crippen molar-refractivity contribution in [2.45, 2.75) is 263 Å². The molecule has 17 aromatic rings. The van der Waals surface area contributed by atoms with Gasteiger partial charge in [-0.15, -0.1) is 0 Å². The molecule has 0 atom stereocenters. The molecule has 0 nitrogen and oxygen atoms in total. The molecule has 0 bridgehead atoms. The van der Waals surface area contributed by atoms with Gasteiger partial charge in [0.2, 0.25) is 40.3 Å². The first-order chi connectivity index (χ1) is 69.0. The second-order valence-corrected chi connectivity index (χ2v) is 45.4. The van der Waals surface area contributed by atoms with E-state index < -0.39 is 0 Å². The maximum absolute atomic E-state index is 2.46. The van der Waals surface area contributed by atoms with E-state index in [1.807, 2.05) is 0 Å². The first-order valence-electron chi connectivity index (χ1n) is 53.5. The van der Waals surface area contributed by atoms with Crippen LogP contribution in [-0.2, 0) is 0 Å². The Hall–Kier alpha value is -12.9. The van der Waals surface area contributed by atoms with Crippen LogP contribution in [0.1, 0.15) is 211 Å². The summed E-state index contributed by atoms with van der Waals surface area (Å²) >= 11 is 0. The number of aryl methyl sites for hydroxylation is 38. The number of hydrogen-bond donors (Lipinski definition) is 0. The van der Waals surface area contributed by atoms with Crippen LogP contribution in [0.5, 0.6) is 0 Å². The maximum Gasteiger partial charge on any atom is 0.242 e. The highest BCUT2D eigenvalue weighted by atomic mass is 14.2. The molecule has 17 aromatic carbocycles. The van der Waals surface area contributed by atoms with Gasteiger partial charge in [-0.3, -0.25) is 0 Å². The Morgan fingerprint density at radius 2 is 0.192 bits per heavy atom. The predicted molar refractivity (Wildman–Crippen MR) is 655 cm³/mol. The van der Waals surface area contributed by atoms with Gasteiger partial charge >= 0.3 is 0 Å². The summed E-state index contributed by atoms with van der Waals surface area (Å²) in [5.74, 6) is 0. The highest BCUT2D eigenvalue weighted by Crippen LogP contribution is 2.30. The molecule has 0 aliphatic rings. The third-order valence-electron chi connectivity index (χ3n) is 32.2. The topological polar surface area (TPSA) is 0 Å². The Labute approximate surface area is 883 Å². The van der Waals surface area contributed by atoms with Crippen LogP contribution < -0.4 is 98.3 Å². The average Bonchev–Trinajstić information content (AvgIpc) is 0.787. The molecule has 0 aromatic heterocycles. The van der Waals surface area contributed by atoms with E-state index in [-0.39, 0.29) is 40.3 Å². The Morgan fingerprint density at radius 1 is 0.0959 bits per heavy atom. The molecule has 0 heterocycles. The van der Waals surface area contributed by atoms with Crippen LogP contribution in [0.2, 0.25) is 0 Å². The number of hydrogen-bond acceptors (Lipinski definition) is 0. The highest BCUT2D eigenvalue weighted by molar-refractivity contribution is 7.00. The van der Waals surface area contributed by atoms with E-state index in [2.05, 4.69) is 518 Å². The van der Waals surface area contributed by atoms with Crippen molar-refractivity contribution < 1.29 is 0 Å². The fraction of sp³-hybridized carbons (Fsp3) is 0.271. The quantitative estimate of drug-likeness (QED) is 0.0667. The first kappa shape index (κ1) is 107. The monoisotopic (exact) mass is 1900 g/mol. The first-order valence-corrected chi connectivity index (χ1v) is 53.5. The number of benzene rings is 17. The van der Waals surface area contributed by atoms with Gasteiger partial charge in [0.25, 0.3) is 0 Å². The molecule has 6 heteroatoms. The van der Waals surface area contributed by atoms with Crippen LogP contribution >= 0.6 is 0 Å². The zero-order valence-corrected chi connectivity index (χ0v) is 95.7. The van der Waals surface area contributed by atoms with Crippen LogP contribution in [0.4, 0.5) is 0 Å². The van der Waals surface area contributed by atoms with Gasteiger partial charge in [0.15, 0.2) is 0 Å². The standard InChI is InChI=1S/C50H56B2.C48H52B2.C42H48B2/c1-29-19-35(7)47(36(8)20-29)51(48-37(9)21-30(2)22-38(48)10)43-15-17-45(33(5)27-43)46-18-16-44(28-34(46)6)52(49-39(11)23-31(3)24-40(49)12)50-41(13)25-32(4)26-42(50)14;1-29-21-33(5)45(34(6)22-29)49(46-35(7)23-30(2)24-36(46)8)43-17-13-41(14-18-43)42-15-19-44(20-16-42)50(47-37(9)25-31(3)26-38(47)10)48-39(11)27-32(4)28-40(48)12;1-25-17-29(5)39(30(6)18-25)43(40-31(7)19-26(2)20-32(40)8)37-13-15-38(16-14-37)44(41-33(9)21-27(3)22-34(41)10)42-35(11)23-28(4)24-36(42)12/h15-28H,1-14H3;13-28H,1-12H3;13-24H,1-12H3. The van der Waals surface area contributed by atoms with Gasteiger partial charge in [-0.2, -0.15) is 0 Å². The Morgan fingerprint density at radius 3 is 0.301 bits per heavy atom. The molecule has 0 amide bonds. The Kier molecular flexibility index (Phi) is 32.4. The summed E-state index contributed by atoms with van der Waals surface area (Å²) in [4.78, 5) is 0. The van der Waals surface area contributed by atoms with E-state index in [0.717, 1.165) is 0 Å². The van der Waals surface area contributed by atoms with E-state index in [1.54, 1.807) is 0 Å². The molecule has 734 valence electrons. The summed E-state index contributed by atoms with van der Waals surface area (Å²) in [6, 6.07) is 99.4. The molecular weight excluding hydrogens is 1750 g/mol. The van der Waals surface area contributed by atoms with Crippen molar-refractivity contribution >= 4 is 139 Å².